The lowest BCUT2D eigenvalue weighted by Gasteiger charge is -2.31. The van der Waals surface area contributed by atoms with Gasteiger partial charge in [0.2, 0.25) is 5.75 Å². The second kappa shape index (κ2) is 15.0. The van der Waals surface area contributed by atoms with Crippen molar-refractivity contribution in [1.29, 1.82) is 0 Å². The first kappa shape index (κ1) is 32.3. The van der Waals surface area contributed by atoms with Crippen LogP contribution < -0.4 is 14.8 Å². The van der Waals surface area contributed by atoms with E-state index in [0.717, 1.165) is 6.92 Å². The third-order valence-corrected chi connectivity index (χ3v) is 5.81. The van der Waals surface area contributed by atoms with Gasteiger partial charge in [0.25, 0.3) is 5.91 Å². The minimum atomic E-state index is -4.30. The zero-order valence-corrected chi connectivity index (χ0v) is 22.8. The van der Waals surface area contributed by atoms with Crippen LogP contribution in [0.5, 0.6) is 11.5 Å². The quantitative estimate of drug-likeness (QED) is 0.315. The molecule has 4 atom stereocenters. The van der Waals surface area contributed by atoms with Crippen LogP contribution in [0.2, 0.25) is 0 Å². The summed E-state index contributed by atoms with van der Waals surface area (Å²) >= 11 is 0. The molecule has 220 valence electrons. The van der Waals surface area contributed by atoms with Crippen molar-refractivity contribution in [3.8, 4) is 11.5 Å². The van der Waals surface area contributed by atoms with Crippen LogP contribution in [0.25, 0.3) is 0 Å². The molecule has 10 nitrogen and oxygen atoms in total. The lowest BCUT2D eigenvalue weighted by Crippen LogP contribution is -2.46. The second-order valence-corrected chi connectivity index (χ2v) is 9.70. The van der Waals surface area contributed by atoms with E-state index >= 15 is 0 Å². The lowest BCUT2D eigenvalue weighted by atomic mass is 10.0. The van der Waals surface area contributed by atoms with Gasteiger partial charge in [-0.1, -0.05) is 13.8 Å². The molecule has 1 N–H and O–H groups in total. The predicted molar refractivity (Wildman–Crippen MR) is 132 cm³/mol. The summed E-state index contributed by atoms with van der Waals surface area (Å²) < 4.78 is 65.4. The van der Waals surface area contributed by atoms with Crippen LogP contribution in [0.1, 0.15) is 70.3 Å². The highest BCUT2D eigenvalue weighted by Gasteiger charge is 2.36. The van der Waals surface area contributed by atoms with Crippen molar-refractivity contribution in [1.82, 2.24) is 10.3 Å². The molecule has 2 heterocycles. The summed E-state index contributed by atoms with van der Waals surface area (Å²) in [5.74, 6) is -2.13. The Morgan fingerprint density at radius 2 is 1.95 bits per heavy atom. The molecule has 0 saturated carbocycles. The summed E-state index contributed by atoms with van der Waals surface area (Å²) in [4.78, 5) is 41.7. The molecular weight excluding hydrogens is 525 g/mol. The molecule has 0 aromatic carbocycles. The van der Waals surface area contributed by atoms with Gasteiger partial charge in [-0.05, 0) is 38.5 Å². The molecule has 1 aromatic heterocycles. The number of hydrogen-bond acceptors (Lipinski definition) is 9. The van der Waals surface area contributed by atoms with Crippen LogP contribution in [-0.2, 0) is 23.8 Å². The predicted octanol–water partition coefficient (Wildman–Crippen LogP) is 4.00. The van der Waals surface area contributed by atoms with Gasteiger partial charge in [0.05, 0.1) is 13.2 Å². The molecule has 0 unspecified atom stereocenters. The average molecular weight is 563 g/mol. The molecule has 39 heavy (non-hydrogen) atoms. The van der Waals surface area contributed by atoms with E-state index in [2.05, 4.69) is 10.3 Å². The topological polar surface area (TPSA) is 122 Å². The first-order valence-corrected chi connectivity index (χ1v) is 12.8. The van der Waals surface area contributed by atoms with Gasteiger partial charge in [0.15, 0.2) is 11.4 Å². The molecule has 1 saturated heterocycles. The minimum absolute atomic E-state index is 0.103. The second-order valence-electron chi connectivity index (χ2n) is 9.70. The number of halogens is 3. The number of alkyl halides is 3. The number of nitrogens with zero attached hydrogens (tertiary/aromatic N) is 1. The summed E-state index contributed by atoms with van der Waals surface area (Å²) in [6.07, 6.45) is -5.43. The van der Waals surface area contributed by atoms with Gasteiger partial charge in [-0.15, -0.1) is 0 Å². The molecule has 1 amide bonds. The lowest BCUT2D eigenvalue weighted by molar-refractivity contribution is -0.170. The van der Waals surface area contributed by atoms with Crippen LogP contribution in [0, 0.1) is 5.92 Å². The fourth-order valence-electron chi connectivity index (χ4n) is 4.02. The Kier molecular flexibility index (Phi) is 12.4. The van der Waals surface area contributed by atoms with Gasteiger partial charge in [0, 0.05) is 38.8 Å². The number of esters is 2. The van der Waals surface area contributed by atoms with Gasteiger partial charge in [0.1, 0.15) is 18.2 Å². The fraction of sp³-hybridized carbons (Fsp3) is 0.692. The monoisotopic (exact) mass is 562 g/mol. The standard InChI is InChI=1S/C26H37F3N2O8/c1-15(2)14-37-20-9-6-8-18(25(34)38-16(3)22(20)36-13-7-11-26(27,28)29)31-24(33)21-23(39-17(4)32)19(35-5)10-12-30-21/h10,12,15-16,18,20,22H,6-9,11,13-14H2,1-5H3,(H,31,33)/t16-,18-,20-,22-/m0/s1. The maximum absolute atomic E-state index is 13.1. The van der Waals surface area contributed by atoms with Gasteiger partial charge in [-0.25, -0.2) is 9.78 Å². The van der Waals surface area contributed by atoms with E-state index in [9.17, 15) is 27.6 Å². The molecule has 2 rings (SSSR count). The molecule has 1 fully saturated rings. The van der Waals surface area contributed by atoms with Gasteiger partial charge in [-0.3, -0.25) is 9.59 Å². The molecule has 0 spiro atoms. The van der Waals surface area contributed by atoms with Crippen LogP contribution in [-0.4, -0.2) is 73.7 Å². The van der Waals surface area contributed by atoms with Crippen molar-refractivity contribution in [2.75, 3.05) is 20.3 Å². The Morgan fingerprint density at radius 3 is 2.56 bits per heavy atom. The van der Waals surface area contributed by atoms with Crippen molar-refractivity contribution in [3.05, 3.63) is 18.0 Å². The number of nitrogens with one attached hydrogen (secondary N) is 1. The van der Waals surface area contributed by atoms with E-state index in [1.54, 1.807) is 6.92 Å². The average Bonchev–Trinajstić information content (AvgIpc) is 2.88. The van der Waals surface area contributed by atoms with Gasteiger partial charge in [-0.2, -0.15) is 13.2 Å². The highest BCUT2D eigenvalue weighted by atomic mass is 19.4. The van der Waals surface area contributed by atoms with Crippen LogP contribution in [0.4, 0.5) is 13.2 Å². The zero-order chi connectivity index (χ0) is 29.2. The fourth-order valence-corrected chi connectivity index (χ4v) is 4.02. The van der Waals surface area contributed by atoms with Crippen molar-refractivity contribution in [2.24, 2.45) is 5.92 Å². The van der Waals surface area contributed by atoms with E-state index in [0.29, 0.717) is 19.4 Å². The molecule has 1 aliphatic heterocycles. The summed E-state index contributed by atoms with van der Waals surface area (Å²) in [5.41, 5.74) is -0.255. The Morgan fingerprint density at radius 1 is 1.23 bits per heavy atom. The largest absolute Gasteiger partial charge is 0.493 e. The van der Waals surface area contributed by atoms with E-state index in [1.165, 1.54) is 19.4 Å². The molecule has 0 radical (unpaired) electrons. The normalized spacial score (nSPS) is 22.3. The number of pyridine rings is 1. The third kappa shape index (κ3) is 10.6. The highest BCUT2D eigenvalue weighted by Crippen LogP contribution is 2.30. The molecule has 1 aromatic rings. The number of carbonyl (C=O) groups excluding carboxylic acids is 3. The van der Waals surface area contributed by atoms with Crippen molar-refractivity contribution >= 4 is 17.8 Å². The van der Waals surface area contributed by atoms with Crippen molar-refractivity contribution in [3.63, 3.8) is 0 Å². The van der Waals surface area contributed by atoms with E-state index < -0.39 is 54.8 Å². The molecule has 0 aliphatic carbocycles. The van der Waals surface area contributed by atoms with Crippen molar-refractivity contribution < 1.29 is 51.2 Å². The zero-order valence-electron chi connectivity index (χ0n) is 22.8. The van der Waals surface area contributed by atoms with Crippen LogP contribution in [0.15, 0.2) is 12.3 Å². The van der Waals surface area contributed by atoms with Gasteiger partial charge >= 0.3 is 18.1 Å². The Balaban J connectivity index is 2.20. The molecular formula is C26H37F3N2O8. The smallest absolute Gasteiger partial charge is 0.389 e. The number of cyclic esters (lactones) is 1. The Bertz CT molecular complexity index is 973. The summed E-state index contributed by atoms with van der Waals surface area (Å²) in [5, 5.41) is 2.59. The molecule has 1 aliphatic rings. The summed E-state index contributed by atoms with van der Waals surface area (Å²) in [6.45, 7) is 6.85. The summed E-state index contributed by atoms with van der Waals surface area (Å²) in [6, 6.07) is 0.338. The highest BCUT2D eigenvalue weighted by molar-refractivity contribution is 5.98. The first-order valence-electron chi connectivity index (χ1n) is 12.8. The minimum Gasteiger partial charge on any atom is -0.493 e. The Hall–Kier alpha value is -2.93. The van der Waals surface area contributed by atoms with E-state index in [-0.39, 0.29) is 42.6 Å². The first-order chi connectivity index (χ1) is 18.3. The van der Waals surface area contributed by atoms with Crippen molar-refractivity contribution in [2.45, 2.75) is 90.3 Å². The summed E-state index contributed by atoms with van der Waals surface area (Å²) in [7, 11) is 1.33. The maximum Gasteiger partial charge on any atom is 0.389 e. The molecule has 13 heteroatoms. The number of hydrogen-bond donors (Lipinski definition) is 1. The SMILES string of the molecule is COc1ccnc(C(=O)N[C@H]2CCC[C@H](OCC(C)C)[C@@H](OCCCC(F)(F)F)[C@H](C)OC2=O)c1OC(C)=O. The number of rotatable bonds is 11. The van der Waals surface area contributed by atoms with E-state index in [4.69, 9.17) is 23.7 Å². The molecule has 0 bridgehead atoms. The number of ether oxygens (including phenoxy) is 5. The number of carbonyl (C=O) groups is 3. The van der Waals surface area contributed by atoms with Crippen LogP contribution >= 0.6 is 0 Å². The Labute approximate surface area is 225 Å². The number of methoxy groups -OCH3 is 1. The number of aromatic nitrogens is 1. The van der Waals surface area contributed by atoms with E-state index in [1.807, 2.05) is 13.8 Å². The van der Waals surface area contributed by atoms with Gasteiger partial charge < -0.3 is 29.0 Å². The third-order valence-electron chi connectivity index (χ3n) is 5.81. The maximum atomic E-state index is 13.1. The van der Waals surface area contributed by atoms with Crippen LogP contribution in [0.3, 0.4) is 0 Å². The number of amides is 1.